The second-order valence-electron chi connectivity index (χ2n) is 5.85. The summed E-state index contributed by atoms with van der Waals surface area (Å²) in [6.07, 6.45) is -4.60. The van der Waals surface area contributed by atoms with E-state index >= 15 is 0 Å². The lowest BCUT2D eigenvalue weighted by Gasteiger charge is -2.24. The molecule has 3 rings (SSSR count). The van der Waals surface area contributed by atoms with Gasteiger partial charge in [-0.3, -0.25) is 4.79 Å². The highest BCUT2D eigenvalue weighted by Crippen LogP contribution is 2.41. The van der Waals surface area contributed by atoms with E-state index in [-0.39, 0.29) is 34.8 Å². The topological polar surface area (TPSA) is 76.0 Å². The summed E-state index contributed by atoms with van der Waals surface area (Å²) in [5.41, 5.74) is 0.458. The monoisotopic (exact) mass is 408 g/mol. The molecule has 1 amide bonds. The first-order valence-corrected chi connectivity index (χ1v) is 10.4. The molecule has 6 nitrogen and oxygen atoms in total. The van der Waals surface area contributed by atoms with Crippen molar-refractivity contribution in [3.05, 3.63) is 24.3 Å². The number of carbonyl (C=O) groups excluding carboxylic acids is 1. The summed E-state index contributed by atoms with van der Waals surface area (Å²) in [5.74, 6) is -0.845. The van der Waals surface area contributed by atoms with E-state index in [1.54, 1.807) is 11.8 Å². The first-order chi connectivity index (χ1) is 12.1. The van der Waals surface area contributed by atoms with Gasteiger partial charge < -0.3 is 9.64 Å². The number of halogens is 3. The number of nitrogens with zero attached hydrogens (tertiary/aromatic N) is 2. The number of sulfone groups is 1. The number of anilines is 1. The number of aliphatic imine (C=N–C) groups is 1. The molecule has 0 spiro atoms. The van der Waals surface area contributed by atoms with Crippen molar-refractivity contribution in [2.75, 3.05) is 16.4 Å². The number of hydrogen-bond acceptors (Lipinski definition) is 5. The molecule has 2 fully saturated rings. The molecule has 0 aromatic heterocycles. The number of ether oxygens (including phenoxy) is 1. The Morgan fingerprint density at radius 2 is 1.96 bits per heavy atom. The minimum absolute atomic E-state index is 0.0204. The molecule has 2 aliphatic rings. The zero-order valence-electron chi connectivity index (χ0n) is 13.6. The molecule has 0 N–H and O–H groups in total. The fourth-order valence-corrected chi connectivity index (χ4v) is 6.79. The number of alkyl halides is 3. The van der Waals surface area contributed by atoms with E-state index < -0.39 is 22.2 Å². The van der Waals surface area contributed by atoms with Crippen LogP contribution in [0, 0.1) is 0 Å². The fourth-order valence-electron chi connectivity index (χ4n) is 2.86. The Kier molecular flexibility index (Phi) is 4.95. The van der Waals surface area contributed by atoms with Gasteiger partial charge in [0, 0.05) is 17.4 Å². The highest BCUT2D eigenvalue weighted by Gasteiger charge is 2.49. The van der Waals surface area contributed by atoms with E-state index in [1.165, 1.54) is 23.9 Å². The van der Waals surface area contributed by atoms with E-state index in [1.807, 2.05) is 0 Å². The van der Waals surface area contributed by atoms with Crippen LogP contribution in [0.1, 0.15) is 13.3 Å². The van der Waals surface area contributed by atoms with E-state index in [2.05, 4.69) is 9.73 Å². The van der Waals surface area contributed by atoms with Crippen LogP contribution >= 0.6 is 11.8 Å². The van der Waals surface area contributed by atoms with Crippen LogP contribution in [0.15, 0.2) is 29.3 Å². The molecule has 11 heteroatoms. The molecule has 2 saturated heterocycles. The van der Waals surface area contributed by atoms with Crippen molar-refractivity contribution < 1.29 is 31.1 Å². The molecule has 0 bridgehead atoms. The Balaban J connectivity index is 1.92. The number of amidine groups is 1. The Morgan fingerprint density at radius 1 is 1.31 bits per heavy atom. The second-order valence-corrected chi connectivity index (χ2v) is 9.21. The van der Waals surface area contributed by atoms with Crippen molar-refractivity contribution in [1.29, 1.82) is 0 Å². The summed E-state index contributed by atoms with van der Waals surface area (Å²) in [6, 6.07) is 4.65. The number of rotatable bonds is 3. The van der Waals surface area contributed by atoms with Gasteiger partial charge in [0.2, 0.25) is 5.91 Å². The smallest absolute Gasteiger partial charge is 0.406 e. The van der Waals surface area contributed by atoms with Gasteiger partial charge in [0.25, 0.3) is 0 Å². The number of thioether (sulfide) groups is 1. The molecular weight excluding hydrogens is 393 g/mol. The minimum Gasteiger partial charge on any atom is -0.406 e. The highest BCUT2D eigenvalue weighted by atomic mass is 32.2. The van der Waals surface area contributed by atoms with Gasteiger partial charge >= 0.3 is 6.36 Å². The largest absolute Gasteiger partial charge is 0.573 e. The van der Waals surface area contributed by atoms with Gasteiger partial charge in [-0.15, -0.1) is 13.2 Å². The van der Waals surface area contributed by atoms with Crippen LogP contribution in [0.5, 0.6) is 5.75 Å². The first-order valence-electron chi connectivity index (χ1n) is 7.71. The lowest BCUT2D eigenvalue weighted by molar-refractivity contribution is -0.274. The zero-order valence-corrected chi connectivity index (χ0v) is 15.2. The standard InChI is InChI=1S/C15H15F3N2O4S2/c1-2-13(21)19-14-20(11-7-26(22,23)8-12(11)25-14)9-3-5-10(6-4-9)24-15(16,17)18/h3-6,11-12H,2,7-8H2,1H3. The van der Waals surface area contributed by atoms with Gasteiger partial charge in [-0.1, -0.05) is 18.7 Å². The predicted molar refractivity (Wildman–Crippen MR) is 92.2 cm³/mol. The van der Waals surface area contributed by atoms with E-state index in [0.29, 0.717) is 10.9 Å². The number of amides is 1. The van der Waals surface area contributed by atoms with E-state index in [9.17, 15) is 26.4 Å². The third-order valence-corrected chi connectivity index (χ3v) is 7.15. The normalized spacial score (nSPS) is 26.2. The van der Waals surface area contributed by atoms with Crippen molar-refractivity contribution in [2.45, 2.75) is 31.0 Å². The number of fused-ring (bicyclic) bond motifs is 1. The van der Waals surface area contributed by atoms with Crippen LogP contribution in [0.4, 0.5) is 18.9 Å². The van der Waals surface area contributed by atoms with Gasteiger partial charge in [-0.05, 0) is 24.3 Å². The van der Waals surface area contributed by atoms with Crippen LogP contribution in [0.2, 0.25) is 0 Å². The van der Waals surface area contributed by atoms with E-state index in [4.69, 9.17) is 0 Å². The summed E-state index contributed by atoms with van der Waals surface area (Å²) >= 11 is 1.21. The van der Waals surface area contributed by atoms with Crippen LogP contribution in [0.25, 0.3) is 0 Å². The number of carbonyl (C=O) groups is 1. The van der Waals surface area contributed by atoms with E-state index in [0.717, 1.165) is 12.1 Å². The van der Waals surface area contributed by atoms with Crippen LogP contribution in [0.3, 0.4) is 0 Å². The Morgan fingerprint density at radius 3 is 2.54 bits per heavy atom. The summed E-state index contributed by atoms with van der Waals surface area (Å²) in [4.78, 5) is 17.4. The van der Waals surface area contributed by atoms with Crippen molar-refractivity contribution in [3.63, 3.8) is 0 Å². The molecule has 2 atom stereocenters. The SMILES string of the molecule is CCC(=O)N=C1SC2CS(=O)(=O)CC2N1c1ccc(OC(F)(F)F)cc1. The molecule has 2 aliphatic heterocycles. The second kappa shape index (κ2) is 6.76. The summed E-state index contributed by atoms with van der Waals surface area (Å²) in [6.45, 7) is 1.66. The van der Waals surface area contributed by atoms with Gasteiger partial charge in [0.1, 0.15) is 5.75 Å². The Hall–Kier alpha value is -1.75. The average Bonchev–Trinajstić information content (AvgIpc) is 2.97. The fraction of sp³-hybridized carbons (Fsp3) is 0.467. The Bertz CT molecular complexity index is 837. The number of hydrogen-bond donors (Lipinski definition) is 0. The third-order valence-electron chi connectivity index (χ3n) is 3.94. The zero-order chi connectivity index (χ0) is 19.1. The van der Waals surface area contributed by atoms with Crippen LogP contribution in [-0.4, -0.2) is 48.7 Å². The molecule has 1 aromatic rings. The maximum atomic E-state index is 12.3. The molecule has 2 unspecified atom stereocenters. The molecular formula is C15H15F3N2O4S2. The maximum Gasteiger partial charge on any atom is 0.573 e. The van der Waals surface area contributed by atoms with Crippen molar-refractivity contribution in [3.8, 4) is 5.75 Å². The van der Waals surface area contributed by atoms with Gasteiger partial charge in [0.15, 0.2) is 15.0 Å². The predicted octanol–water partition coefficient (Wildman–Crippen LogP) is 2.60. The van der Waals surface area contributed by atoms with Crippen LogP contribution < -0.4 is 9.64 Å². The number of benzene rings is 1. The van der Waals surface area contributed by atoms with Gasteiger partial charge in [-0.2, -0.15) is 4.99 Å². The summed E-state index contributed by atoms with van der Waals surface area (Å²) in [5, 5.41) is 0.0979. The molecule has 0 aliphatic carbocycles. The van der Waals surface area contributed by atoms with Crippen molar-refractivity contribution >= 4 is 38.4 Å². The van der Waals surface area contributed by atoms with Crippen molar-refractivity contribution in [1.82, 2.24) is 0 Å². The lowest BCUT2D eigenvalue weighted by Crippen LogP contribution is -2.37. The first kappa shape index (κ1) is 19.0. The molecule has 0 radical (unpaired) electrons. The summed E-state index contributed by atoms with van der Waals surface area (Å²) < 4.78 is 64.6. The van der Waals surface area contributed by atoms with Gasteiger partial charge in [0.05, 0.1) is 17.5 Å². The molecule has 1 aromatic carbocycles. The average molecular weight is 408 g/mol. The lowest BCUT2D eigenvalue weighted by atomic mass is 10.2. The highest BCUT2D eigenvalue weighted by molar-refractivity contribution is 8.16. The Labute approximate surface area is 152 Å². The third kappa shape index (κ3) is 4.14. The molecule has 26 heavy (non-hydrogen) atoms. The van der Waals surface area contributed by atoms with Crippen molar-refractivity contribution in [2.24, 2.45) is 4.99 Å². The quantitative estimate of drug-likeness (QED) is 0.765. The summed E-state index contributed by atoms with van der Waals surface area (Å²) in [7, 11) is -3.21. The molecule has 142 valence electrons. The molecule has 2 heterocycles. The van der Waals surface area contributed by atoms with Gasteiger partial charge in [-0.25, -0.2) is 8.42 Å². The minimum atomic E-state index is -4.80. The molecule has 0 saturated carbocycles. The van der Waals surface area contributed by atoms with Crippen LogP contribution in [-0.2, 0) is 14.6 Å². The maximum absolute atomic E-state index is 12.3.